The first-order chi connectivity index (χ1) is 8.81. The van der Waals surface area contributed by atoms with E-state index in [0.717, 1.165) is 11.3 Å². The second kappa shape index (κ2) is 6.47. The Morgan fingerprint density at radius 3 is 2.83 bits per heavy atom. The molecule has 1 aliphatic rings. The molecule has 2 heteroatoms. The van der Waals surface area contributed by atoms with Crippen LogP contribution < -0.4 is 5.32 Å². The quantitative estimate of drug-likeness (QED) is 0.817. The fraction of sp³-hybridized carbons (Fsp3) is 0.500. The highest BCUT2D eigenvalue weighted by Gasteiger charge is 2.18. The van der Waals surface area contributed by atoms with Crippen molar-refractivity contribution in [3.63, 3.8) is 0 Å². The highest BCUT2D eigenvalue weighted by atomic mass is 15.1. The average Bonchev–Trinajstić information content (AvgIpc) is 2.42. The van der Waals surface area contributed by atoms with Crippen LogP contribution in [0, 0.1) is 12.3 Å². The summed E-state index contributed by atoms with van der Waals surface area (Å²) in [5, 5.41) is 3.60. The van der Waals surface area contributed by atoms with Gasteiger partial charge in [-0.2, -0.15) is 0 Å². The molecule has 96 valence electrons. The molecule has 0 unspecified atom stereocenters. The molecule has 0 amide bonds. The molecule has 0 radical (unpaired) electrons. The second-order valence-corrected chi connectivity index (χ2v) is 4.99. The van der Waals surface area contributed by atoms with Gasteiger partial charge in [0, 0.05) is 30.4 Å². The van der Waals surface area contributed by atoms with Gasteiger partial charge < -0.3 is 10.2 Å². The van der Waals surface area contributed by atoms with Gasteiger partial charge in [0.15, 0.2) is 0 Å². The van der Waals surface area contributed by atoms with E-state index in [9.17, 15) is 0 Å². The fourth-order valence-corrected chi connectivity index (χ4v) is 2.55. The van der Waals surface area contributed by atoms with Crippen LogP contribution in [0.25, 0.3) is 0 Å². The second-order valence-electron chi connectivity index (χ2n) is 4.99. The van der Waals surface area contributed by atoms with E-state index in [1.807, 2.05) is 12.1 Å². The third-order valence-corrected chi connectivity index (χ3v) is 3.53. The molecule has 2 rings (SSSR count). The van der Waals surface area contributed by atoms with E-state index in [1.165, 1.54) is 38.9 Å². The summed E-state index contributed by atoms with van der Waals surface area (Å²) in [6.45, 7) is 5.90. The highest BCUT2D eigenvalue weighted by Crippen LogP contribution is 2.17. The Morgan fingerprint density at radius 2 is 2.17 bits per heavy atom. The first-order valence-electron chi connectivity index (χ1n) is 6.87. The topological polar surface area (TPSA) is 15.3 Å². The van der Waals surface area contributed by atoms with Crippen LogP contribution in [0.15, 0.2) is 24.3 Å². The maximum Gasteiger partial charge on any atom is 0.0354 e. The highest BCUT2D eigenvalue weighted by molar-refractivity contribution is 5.50. The number of nitrogens with zero attached hydrogens (tertiary/aromatic N) is 1. The molecule has 0 atom stereocenters. The predicted octanol–water partition coefficient (Wildman–Crippen LogP) is 2.95. The van der Waals surface area contributed by atoms with Crippen LogP contribution >= 0.6 is 0 Å². The van der Waals surface area contributed by atoms with Crippen molar-refractivity contribution in [2.24, 2.45) is 0 Å². The lowest BCUT2D eigenvalue weighted by Crippen LogP contribution is -2.39. The fourth-order valence-electron chi connectivity index (χ4n) is 2.55. The molecule has 1 aromatic rings. The van der Waals surface area contributed by atoms with Gasteiger partial charge in [0.25, 0.3) is 0 Å². The van der Waals surface area contributed by atoms with Crippen LogP contribution in [-0.4, -0.2) is 30.6 Å². The van der Waals surface area contributed by atoms with Gasteiger partial charge in [-0.1, -0.05) is 18.9 Å². The zero-order valence-corrected chi connectivity index (χ0v) is 11.2. The van der Waals surface area contributed by atoms with E-state index in [2.05, 4.69) is 35.2 Å². The molecule has 1 aliphatic heterocycles. The Balaban J connectivity index is 1.86. The number of hydrogen-bond acceptors (Lipinski definition) is 2. The molecule has 1 fully saturated rings. The third kappa shape index (κ3) is 3.51. The maximum atomic E-state index is 5.42. The first kappa shape index (κ1) is 13.0. The van der Waals surface area contributed by atoms with Crippen LogP contribution in [0.3, 0.4) is 0 Å². The summed E-state index contributed by atoms with van der Waals surface area (Å²) < 4.78 is 0. The summed E-state index contributed by atoms with van der Waals surface area (Å²) in [6.07, 6.45) is 9.12. The predicted molar refractivity (Wildman–Crippen MR) is 77.8 cm³/mol. The lowest BCUT2D eigenvalue weighted by atomic mass is 10.0. The summed E-state index contributed by atoms with van der Waals surface area (Å²) in [6, 6.07) is 8.72. The lowest BCUT2D eigenvalue weighted by molar-refractivity contribution is 0.219. The largest absolute Gasteiger partial charge is 0.382 e. The summed E-state index contributed by atoms with van der Waals surface area (Å²) in [5.74, 6) is 2.68. The minimum absolute atomic E-state index is 0.589. The molecule has 1 saturated heterocycles. The molecule has 0 aromatic heterocycles. The molecule has 0 spiro atoms. The molecule has 0 aliphatic carbocycles. The molecule has 2 nitrogen and oxygen atoms in total. The van der Waals surface area contributed by atoms with Crippen molar-refractivity contribution in [1.29, 1.82) is 0 Å². The van der Waals surface area contributed by atoms with E-state index >= 15 is 0 Å². The van der Waals surface area contributed by atoms with E-state index in [1.54, 1.807) is 0 Å². The number of piperidine rings is 1. The van der Waals surface area contributed by atoms with Crippen LogP contribution in [0.5, 0.6) is 0 Å². The number of hydrogen-bond donors (Lipinski definition) is 1. The SMILES string of the molecule is C#Cc1cccc(NC2CCN(CCC)CC2)c1. The van der Waals surface area contributed by atoms with Gasteiger partial charge in [0.2, 0.25) is 0 Å². The molecule has 1 N–H and O–H groups in total. The zero-order chi connectivity index (χ0) is 12.8. The number of nitrogens with one attached hydrogen (secondary N) is 1. The van der Waals surface area contributed by atoms with Crippen molar-refractivity contribution in [3.8, 4) is 12.3 Å². The Hall–Kier alpha value is -1.46. The van der Waals surface area contributed by atoms with E-state index < -0.39 is 0 Å². The van der Waals surface area contributed by atoms with Crippen molar-refractivity contribution in [1.82, 2.24) is 4.90 Å². The van der Waals surface area contributed by atoms with Crippen LogP contribution in [0.1, 0.15) is 31.7 Å². The van der Waals surface area contributed by atoms with Crippen molar-refractivity contribution < 1.29 is 0 Å². The molecule has 0 bridgehead atoms. The molecule has 18 heavy (non-hydrogen) atoms. The summed E-state index contributed by atoms with van der Waals surface area (Å²) in [7, 11) is 0. The molecular weight excluding hydrogens is 220 g/mol. The number of terminal acetylenes is 1. The average molecular weight is 242 g/mol. The van der Waals surface area contributed by atoms with Gasteiger partial charge in [-0.3, -0.25) is 0 Å². The van der Waals surface area contributed by atoms with Crippen LogP contribution in [0.4, 0.5) is 5.69 Å². The number of anilines is 1. The summed E-state index contributed by atoms with van der Waals surface area (Å²) in [4.78, 5) is 2.55. The van der Waals surface area contributed by atoms with Gasteiger partial charge >= 0.3 is 0 Å². The molecular formula is C16H22N2. The number of likely N-dealkylation sites (tertiary alicyclic amines) is 1. The van der Waals surface area contributed by atoms with Crippen molar-refractivity contribution in [3.05, 3.63) is 29.8 Å². The Morgan fingerprint density at radius 1 is 1.39 bits per heavy atom. The van der Waals surface area contributed by atoms with Crippen molar-refractivity contribution in [2.75, 3.05) is 25.0 Å². The normalized spacial score (nSPS) is 17.3. The molecule has 1 aromatic carbocycles. The van der Waals surface area contributed by atoms with Crippen molar-refractivity contribution in [2.45, 2.75) is 32.2 Å². The standard InChI is InChI=1S/C16H22N2/c1-3-10-18-11-8-15(9-12-18)17-16-7-5-6-14(4-2)13-16/h2,5-7,13,15,17H,3,8-12H2,1H3. The van der Waals surface area contributed by atoms with Crippen molar-refractivity contribution >= 4 is 5.69 Å². The summed E-state index contributed by atoms with van der Waals surface area (Å²) in [5.41, 5.74) is 2.10. The zero-order valence-electron chi connectivity index (χ0n) is 11.2. The van der Waals surface area contributed by atoms with E-state index in [-0.39, 0.29) is 0 Å². The van der Waals surface area contributed by atoms with Gasteiger partial charge in [0.1, 0.15) is 0 Å². The molecule has 1 heterocycles. The Kier molecular flexibility index (Phi) is 4.66. The van der Waals surface area contributed by atoms with Gasteiger partial charge in [-0.05, 0) is 44.0 Å². The smallest absolute Gasteiger partial charge is 0.0354 e. The van der Waals surface area contributed by atoms with Gasteiger partial charge in [-0.25, -0.2) is 0 Å². The van der Waals surface area contributed by atoms with E-state index in [0.29, 0.717) is 6.04 Å². The summed E-state index contributed by atoms with van der Waals surface area (Å²) >= 11 is 0. The Bertz CT molecular complexity index is 411. The lowest BCUT2D eigenvalue weighted by Gasteiger charge is -2.32. The van der Waals surface area contributed by atoms with Crippen LogP contribution in [0.2, 0.25) is 0 Å². The third-order valence-electron chi connectivity index (χ3n) is 3.53. The minimum atomic E-state index is 0.589. The van der Waals surface area contributed by atoms with Crippen LogP contribution in [-0.2, 0) is 0 Å². The van der Waals surface area contributed by atoms with Gasteiger partial charge in [-0.15, -0.1) is 6.42 Å². The molecule has 0 saturated carbocycles. The van der Waals surface area contributed by atoms with E-state index in [4.69, 9.17) is 6.42 Å². The maximum absolute atomic E-state index is 5.42. The Labute approximate surface area is 110 Å². The number of benzene rings is 1. The number of rotatable bonds is 4. The van der Waals surface area contributed by atoms with Gasteiger partial charge in [0.05, 0.1) is 0 Å². The minimum Gasteiger partial charge on any atom is -0.382 e. The first-order valence-corrected chi connectivity index (χ1v) is 6.87. The monoisotopic (exact) mass is 242 g/mol.